The number of terminal acetylenes is 1. The molecule has 0 aliphatic carbocycles. The standard InChI is InChI=1S/C30H26F5N5O2/c1-3-19-22(32)6-5-16-9-18(41)10-20(24(16)19)26-25(35)27-21(12-36-26)28(39(2)14-23(33)34)38-29(37-27)42-15-30-7-4-8-40(30)13-17(31)11-30/h1,5-6,9-10,12,17,23,41H,4,7-8,11,13-15H2,2H3/t17-,30+/m1/s1. The Morgan fingerprint density at radius 3 is 2.83 bits per heavy atom. The largest absolute Gasteiger partial charge is 0.508 e. The predicted molar refractivity (Wildman–Crippen MR) is 148 cm³/mol. The zero-order valence-electron chi connectivity index (χ0n) is 22.5. The number of nitrogens with zero attached hydrogens (tertiary/aromatic N) is 5. The number of anilines is 1. The summed E-state index contributed by atoms with van der Waals surface area (Å²) < 4.78 is 77.9. The fourth-order valence-corrected chi connectivity index (χ4v) is 6.26. The lowest BCUT2D eigenvalue weighted by molar-refractivity contribution is 0.107. The van der Waals surface area contributed by atoms with Gasteiger partial charge in [-0.1, -0.05) is 12.0 Å². The molecule has 0 amide bonds. The molecule has 2 aliphatic heterocycles. The molecular formula is C30H26F5N5O2. The zero-order chi connectivity index (χ0) is 29.8. The molecule has 4 aromatic rings. The number of aromatic hydroxyl groups is 1. The minimum Gasteiger partial charge on any atom is -0.508 e. The fourth-order valence-electron chi connectivity index (χ4n) is 6.26. The van der Waals surface area contributed by atoms with Crippen LogP contribution in [0.3, 0.4) is 0 Å². The van der Waals surface area contributed by atoms with E-state index >= 15 is 4.39 Å². The lowest BCUT2D eigenvalue weighted by atomic mass is 9.95. The second kappa shape index (κ2) is 10.5. The van der Waals surface area contributed by atoms with Crippen molar-refractivity contribution >= 4 is 27.5 Å². The number of alkyl halides is 3. The molecule has 2 saturated heterocycles. The molecule has 0 unspecified atom stereocenters. The summed E-state index contributed by atoms with van der Waals surface area (Å²) in [7, 11) is 1.37. The summed E-state index contributed by atoms with van der Waals surface area (Å²) in [5.74, 6) is 0.313. The predicted octanol–water partition coefficient (Wildman–Crippen LogP) is 5.47. The molecule has 1 N–H and O–H groups in total. The van der Waals surface area contributed by atoms with Crippen molar-refractivity contribution in [2.75, 3.05) is 38.2 Å². The van der Waals surface area contributed by atoms with E-state index in [0.29, 0.717) is 18.4 Å². The highest BCUT2D eigenvalue weighted by Crippen LogP contribution is 2.41. The molecule has 0 saturated carbocycles. The summed E-state index contributed by atoms with van der Waals surface area (Å²) in [4.78, 5) is 16.0. The third-order valence-corrected chi connectivity index (χ3v) is 8.10. The van der Waals surface area contributed by atoms with Gasteiger partial charge >= 0.3 is 6.01 Å². The number of halogens is 5. The van der Waals surface area contributed by atoms with E-state index in [4.69, 9.17) is 11.2 Å². The van der Waals surface area contributed by atoms with Crippen molar-refractivity contribution in [2.45, 2.75) is 37.4 Å². The molecule has 42 heavy (non-hydrogen) atoms. The number of fused-ring (bicyclic) bond motifs is 3. The zero-order valence-corrected chi connectivity index (χ0v) is 22.5. The number of ether oxygens (including phenoxy) is 1. The van der Waals surface area contributed by atoms with Crippen molar-refractivity contribution in [2.24, 2.45) is 0 Å². The van der Waals surface area contributed by atoms with Crippen molar-refractivity contribution in [1.29, 1.82) is 0 Å². The van der Waals surface area contributed by atoms with Crippen LogP contribution in [0.2, 0.25) is 0 Å². The van der Waals surface area contributed by atoms with Crippen LogP contribution in [0.4, 0.5) is 27.8 Å². The molecule has 2 aliphatic rings. The summed E-state index contributed by atoms with van der Waals surface area (Å²) in [6, 6.07) is 4.85. The molecule has 2 aromatic carbocycles. The van der Waals surface area contributed by atoms with Crippen LogP contribution in [0.5, 0.6) is 11.8 Å². The molecule has 218 valence electrons. The van der Waals surface area contributed by atoms with Crippen molar-refractivity contribution in [3.8, 4) is 35.4 Å². The van der Waals surface area contributed by atoms with Crippen molar-refractivity contribution < 1.29 is 31.8 Å². The quantitative estimate of drug-likeness (QED) is 0.229. The Bertz CT molecular complexity index is 1750. The van der Waals surface area contributed by atoms with Crippen molar-refractivity contribution in [1.82, 2.24) is 19.9 Å². The van der Waals surface area contributed by atoms with Crippen molar-refractivity contribution in [3.63, 3.8) is 0 Å². The van der Waals surface area contributed by atoms with E-state index in [0.717, 1.165) is 23.9 Å². The van der Waals surface area contributed by atoms with Crippen LogP contribution >= 0.6 is 0 Å². The average Bonchev–Trinajstić information content (AvgIpc) is 3.47. The first-order valence-electron chi connectivity index (χ1n) is 13.4. The molecule has 6 rings (SSSR count). The summed E-state index contributed by atoms with van der Waals surface area (Å²) in [6.45, 7) is 0.356. The SMILES string of the molecule is C#Cc1c(F)ccc2cc(O)cc(-c3ncc4c(N(C)CC(F)F)nc(OC[C@@]56CCCN5C[C@H](F)C6)nc4c3F)c12. The molecule has 0 bridgehead atoms. The lowest BCUT2D eigenvalue weighted by Gasteiger charge is -2.31. The van der Waals surface area contributed by atoms with Gasteiger partial charge in [0.15, 0.2) is 5.82 Å². The lowest BCUT2D eigenvalue weighted by Crippen LogP contribution is -2.43. The van der Waals surface area contributed by atoms with E-state index in [2.05, 4.69) is 20.9 Å². The van der Waals surface area contributed by atoms with E-state index in [9.17, 15) is 22.7 Å². The van der Waals surface area contributed by atoms with Gasteiger partial charge in [-0.05, 0) is 43.0 Å². The normalized spacial score (nSPS) is 20.4. The number of pyridine rings is 1. The molecule has 2 atom stereocenters. The number of hydrogen-bond acceptors (Lipinski definition) is 7. The minimum atomic E-state index is -2.72. The van der Waals surface area contributed by atoms with Crippen LogP contribution in [-0.4, -0.2) is 76.4 Å². The molecule has 2 aromatic heterocycles. The second-order valence-corrected chi connectivity index (χ2v) is 10.8. The fraction of sp³-hybridized carbons (Fsp3) is 0.367. The van der Waals surface area contributed by atoms with Gasteiger partial charge in [0.1, 0.15) is 41.4 Å². The summed E-state index contributed by atoms with van der Waals surface area (Å²) >= 11 is 0. The van der Waals surface area contributed by atoms with E-state index < -0.39 is 36.3 Å². The molecule has 2 fully saturated rings. The minimum absolute atomic E-state index is 0.0147. The van der Waals surface area contributed by atoms with Crippen LogP contribution in [-0.2, 0) is 0 Å². The van der Waals surface area contributed by atoms with E-state index in [1.165, 1.54) is 31.4 Å². The van der Waals surface area contributed by atoms with Crippen LogP contribution in [0.1, 0.15) is 24.8 Å². The van der Waals surface area contributed by atoms with Gasteiger partial charge in [-0.25, -0.2) is 22.0 Å². The maximum Gasteiger partial charge on any atom is 0.319 e. The van der Waals surface area contributed by atoms with Gasteiger partial charge in [-0.15, -0.1) is 6.42 Å². The number of aromatic nitrogens is 3. The van der Waals surface area contributed by atoms with Gasteiger partial charge in [0.05, 0.1) is 23.0 Å². The summed E-state index contributed by atoms with van der Waals surface area (Å²) in [5.41, 5.74) is -1.26. The maximum absolute atomic E-state index is 16.4. The number of hydrogen-bond donors (Lipinski definition) is 1. The Hall–Kier alpha value is -4.24. The van der Waals surface area contributed by atoms with Crippen LogP contribution in [0, 0.1) is 24.0 Å². The Morgan fingerprint density at radius 1 is 1.26 bits per heavy atom. The first kappa shape index (κ1) is 27.9. The molecule has 0 radical (unpaired) electrons. The first-order chi connectivity index (χ1) is 20.1. The third kappa shape index (κ3) is 4.71. The van der Waals surface area contributed by atoms with Gasteiger partial charge in [0.2, 0.25) is 0 Å². The maximum atomic E-state index is 16.4. The Kier molecular flexibility index (Phi) is 7.01. The molecule has 4 heterocycles. The van der Waals surface area contributed by atoms with Crippen molar-refractivity contribution in [3.05, 3.63) is 47.7 Å². The average molecular weight is 584 g/mol. The first-order valence-corrected chi connectivity index (χ1v) is 13.4. The smallest absolute Gasteiger partial charge is 0.319 e. The monoisotopic (exact) mass is 583 g/mol. The topological polar surface area (TPSA) is 74.6 Å². The van der Waals surface area contributed by atoms with Gasteiger partial charge in [-0.2, -0.15) is 9.97 Å². The van der Waals surface area contributed by atoms with Crippen LogP contribution in [0.15, 0.2) is 30.5 Å². The van der Waals surface area contributed by atoms with Crippen LogP contribution in [0.25, 0.3) is 32.9 Å². The second-order valence-electron chi connectivity index (χ2n) is 10.8. The number of rotatable bonds is 7. The Balaban J connectivity index is 1.51. The molecule has 12 heteroatoms. The summed E-state index contributed by atoms with van der Waals surface area (Å²) in [5, 5.41) is 10.9. The Labute approximate surface area is 237 Å². The number of phenolic OH excluding ortho intramolecular Hbond substituents is 1. The number of phenols is 1. The van der Waals surface area contributed by atoms with Gasteiger partial charge in [0.25, 0.3) is 6.43 Å². The third-order valence-electron chi connectivity index (χ3n) is 8.10. The van der Waals surface area contributed by atoms with E-state index in [1.54, 1.807) is 0 Å². The highest BCUT2D eigenvalue weighted by atomic mass is 19.3. The number of benzene rings is 2. The summed E-state index contributed by atoms with van der Waals surface area (Å²) in [6.07, 6.45) is 4.94. The van der Waals surface area contributed by atoms with Gasteiger partial charge < -0.3 is 14.7 Å². The van der Waals surface area contributed by atoms with E-state index in [1.807, 2.05) is 4.90 Å². The van der Waals surface area contributed by atoms with Gasteiger partial charge in [-0.3, -0.25) is 9.88 Å². The van der Waals surface area contributed by atoms with Crippen LogP contribution < -0.4 is 9.64 Å². The Morgan fingerprint density at radius 2 is 2.07 bits per heavy atom. The molecule has 0 spiro atoms. The van der Waals surface area contributed by atoms with E-state index in [-0.39, 0.29) is 63.7 Å². The highest BCUT2D eigenvalue weighted by molar-refractivity contribution is 6.03. The molecule has 7 nitrogen and oxygen atoms in total. The highest BCUT2D eigenvalue weighted by Gasteiger charge is 2.49. The molecular weight excluding hydrogens is 557 g/mol. The van der Waals surface area contributed by atoms with Gasteiger partial charge in [0, 0.05) is 37.2 Å².